The second-order valence-corrected chi connectivity index (χ2v) is 6.85. The topological polar surface area (TPSA) is 67.4 Å². The summed E-state index contributed by atoms with van der Waals surface area (Å²) in [6, 6.07) is 0. The van der Waals surface area contributed by atoms with Crippen molar-refractivity contribution in [3.63, 3.8) is 0 Å². The molecule has 0 N–H and O–H groups in total. The van der Waals surface area contributed by atoms with Crippen LogP contribution in [0.25, 0.3) is 0 Å². The van der Waals surface area contributed by atoms with Gasteiger partial charge in [-0.3, -0.25) is 14.4 Å². The third-order valence-electron chi connectivity index (χ3n) is 4.61. The summed E-state index contributed by atoms with van der Waals surface area (Å²) in [5, 5.41) is 4.33. The van der Waals surface area contributed by atoms with Crippen molar-refractivity contribution in [2.45, 2.75) is 46.2 Å². The molecule has 7 nitrogen and oxygen atoms in total. The summed E-state index contributed by atoms with van der Waals surface area (Å²) in [5.41, 5.74) is 1.69. The van der Waals surface area contributed by atoms with Crippen LogP contribution in [0, 0.1) is 0 Å². The molecule has 0 unspecified atom stereocenters. The van der Waals surface area contributed by atoms with Crippen LogP contribution in [-0.4, -0.2) is 56.7 Å². The first-order valence-corrected chi connectivity index (χ1v) is 9.04. The highest BCUT2D eigenvalue weighted by molar-refractivity contribution is 5.93. The number of hydrogen-bond acceptors (Lipinski definition) is 5. The molecule has 0 aromatic carbocycles. The van der Waals surface area contributed by atoms with Gasteiger partial charge in [-0.15, -0.1) is 0 Å². The van der Waals surface area contributed by atoms with Crippen molar-refractivity contribution >= 4 is 5.91 Å². The molecule has 1 saturated heterocycles. The van der Waals surface area contributed by atoms with Gasteiger partial charge in [0.1, 0.15) is 5.76 Å². The fourth-order valence-electron chi connectivity index (χ4n) is 3.23. The zero-order valence-corrected chi connectivity index (χ0v) is 15.3. The molecule has 1 aliphatic heterocycles. The van der Waals surface area contributed by atoms with E-state index in [0.29, 0.717) is 18.0 Å². The molecule has 0 spiro atoms. The van der Waals surface area contributed by atoms with Gasteiger partial charge in [0.15, 0.2) is 12.1 Å². The Hall–Kier alpha value is -2.15. The van der Waals surface area contributed by atoms with Gasteiger partial charge in [0.05, 0.1) is 6.20 Å². The predicted molar refractivity (Wildman–Crippen MR) is 94.3 cm³/mol. The van der Waals surface area contributed by atoms with Crippen LogP contribution in [0.3, 0.4) is 0 Å². The second-order valence-electron chi connectivity index (χ2n) is 6.85. The number of hydrogen-bond donors (Lipinski definition) is 0. The van der Waals surface area contributed by atoms with E-state index in [4.69, 9.17) is 4.42 Å². The summed E-state index contributed by atoms with van der Waals surface area (Å²) in [4.78, 5) is 21.3. The molecule has 0 saturated carbocycles. The van der Waals surface area contributed by atoms with Crippen molar-refractivity contribution in [3.8, 4) is 0 Å². The van der Waals surface area contributed by atoms with Gasteiger partial charge in [-0.05, 0) is 13.3 Å². The lowest BCUT2D eigenvalue weighted by Crippen LogP contribution is -2.35. The summed E-state index contributed by atoms with van der Waals surface area (Å²) in [6.45, 7) is 11.2. The maximum Gasteiger partial charge on any atom is 0.276 e. The lowest BCUT2D eigenvalue weighted by atomic mass is 10.1. The van der Waals surface area contributed by atoms with Gasteiger partial charge in [0.2, 0.25) is 0 Å². The number of aromatic nitrogens is 3. The maximum atomic E-state index is 12.8. The van der Waals surface area contributed by atoms with E-state index in [1.807, 2.05) is 29.6 Å². The fraction of sp³-hybridized carbons (Fsp3) is 0.611. The van der Waals surface area contributed by atoms with Crippen LogP contribution in [0.5, 0.6) is 0 Å². The number of amides is 1. The van der Waals surface area contributed by atoms with E-state index in [9.17, 15) is 4.79 Å². The van der Waals surface area contributed by atoms with Gasteiger partial charge in [-0.2, -0.15) is 5.10 Å². The molecule has 0 bridgehead atoms. The Morgan fingerprint density at radius 2 is 2.12 bits per heavy atom. The Morgan fingerprint density at radius 3 is 2.84 bits per heavy atom. The van der Waals surface area contributed by atoms with E-state index in [0.717, 1.165) is 39.1 Å². The predicted octanol–water partition coefficient (Wildman–Crippen LogP) is 2.36. The van der Waals surface area contributed by atoms with Crippen LogP contribution in [0.15, 0.2) is 23.2 Å². The number of oxazole rings is 1. The molecule has 0 aliphatic carbocycles. The Balaban J connectivity index is 1.61. The summed E-state index contributed by atoms with van der Waals surface area (Å²) < 4.78 is 7.35. The molecule has 1 amide bonds. The largest absolute Gasteiger partial charge is 0.447 e. The molecule has 3 rings (SSSR count). The standard InChI is InChI=1S/C18H27N5O2/c1-4-23-12-15(10-20-23)11-21-6-5-7-22(9-8-21)18(24)16-17(14(2)3)25-13-19-16/h10,12-14H,4-9,11H2,1-3H3. The summed E-state index contributed by atoms with van der Waals surface area (Å²) >= 11 is 0. The third kappa shape index (κ3) is 4.10. The highest BCUT2D eigenvalue weighted by atomic mass is 16.3. The number of carbonyl (C=O) groups excluding carboxylic acids is 1. The number of carbonyl (C=O) groups is 1. The second kappa shape index (κ2) is 7.82. The van der Waals surface area contributed by atoms with Crippen LogP contribution >= 0.6 is 0 Å². The van der Waals surface area contributed by atoms with Crippen molar-refractivity contribution in [2.24, 2.45) is 0 Å². The minimum Gasteiger partial charge on any atom is -0.447 e. The molecule has 2 aromatic rings. The fourth-order valence-corrected chi connectivity index (χ4v) is 3.23. The first-order chi connectivity index (χ1) is 12.1. The molecule has 136 valence electrons. The third-order valence-corrected chi connectivity index (χ3v) is 4.61. The van der Waals surface area contributed by atoms with Gasteiger partial charge < -0.3 is 9.32 Å². The highest BCUT2D eigenvalue weighted by Crippen LogP contribution is 2.20. The average Bonchev–Trinajstić information content (AvgIpc) is 3.20. The van der Waals surface area contributed by atoms with Crippen LogP contribution in [-0.2, 0) is 13.1 Å². The molecule has 1 fully saturated rings. The molecule has 2 aromatic heterocycles. The first kappa shape index (κ1) is 17.7. The van der Waals surface area contributed by atoms with Crippen LogP contribution in [0.2, 0.25) is 0 Å². The Bertz CT molecular complexity index is 706. The number of rotatable bonds is 5. The van der Waals surface area contributed by atoms with Crippen LogP contribution in [0.4, 0.5) is 0 Å². The number of aryl methyl sites for hydroxylation is 1. The Kier molecular flexibility index (Phi) is 5.53. The smallest absolute Gasteiger partial charge is 0.276 e. The van der Waals surface area contributed by atoms with Crippen molar-refractivity contribution in [1.82, 2.24) is 24.6 Å². The van der Waals surface area contributed by atoms with Crippen molar-refractivity contribution in [2.75, 3.05) is 26.2 Å². The summed E-state index contributed by atoms with van der Waals surface area (Å²) in [6.07, 6.45) is 6.36. The van der Waals surface area contributed by atoms with Crippen molar-refractivity contribution in [3.05, 3.63) is 35.8 Å². The van der Waals surface area contributed by atoms with E-state index in [-0.39, 0.29) is 11.8 Å². The molecule has 7 heteroatoms. The molecule has 0 radical (unpaired) electrons. The minimum atomic E-state index is -0.0156. The van der Waals surface area contributed by atoms with Gasteiger partial charge in [-0.1, -0.05) is 13.8 Å². The monoisotopic (exact) mass is 345 g/mol. The zero-order chi connectivity index (χ0) is 17.8. The molecule has 1 aliphatic rings. The van der Waals surface area contributed by atoms with Gasteiger partial charge >= 0.3 is 0 Å². The average molecular weight is 345 g/mol. The van der Waals surface area contributed by atoms with E-state index in [2.05, 4.69) is 28.1 Å². The Morgan fingerprint density at radius 1 is 1.28 bits per heavy atom. The summed E-state index contributed by atoms with van der Waals surface area (Å²) in [5.74, 6) is 0.816. The zero-order valence-electron chi connectivity index (χ0n) is 15.3. The van der Waals surface area contributed by atoms with E-state index < -0.39 is 0 Å². The van der Waals surface area contributed by atoms with E-state index in [1.54, 1.807) is 0 Å². The lowest BCUT2D eigenvalue weighted by Gasteiger charge is -2.21. The normalized spacial score (nSPS) is 16.4. The number of nitrogens with zero attached hydrogens (tertiary/aromatic N) is 5. The minimum absolute atomic E-state index is 0.0156. The van der Waals surface area contributed by atoms with E-state index in [1.165, 1.54) is 12.0 Å². The highest BCUT2D eigenvalue weighted by Gasteiger charge is 2.26. The molecule has 0 atom stereocenters. The maximum absolute atomic E-state index is 12.8. The van der Waals surface area contributed by atoms with Crippen molar-refractivity contribution in [1.29, 1.82) is 0 Å². The van der Waals surface area contributed by atoms with Crippen LogP contribution in [0.1, 0.15) is 54.9 Å². The quantitative estimate of drug-likeness (QED) is 0.832. The van der Waals surface area contributed by atoms with Crippen molar-refractivity contribution < 1.29 is 9.21 Å². The summed E-state index contributed by atoms with van der Waals surface area (Å²) in [7, 11) is 0. The van der Waals surface area contributed by atoms with Gasteiger partial charge in [0, 0.05) is 56.9 Å². The molecular weight excluding hydrogens is 318 g/mol. The Labute approximate surface area is 148 Å². The SMILES string of the molecule is CCn1cc(CN2CCCN(C(=O)c3ncoc3C(C)C)CC2)cn1. The van der Waals surface area contributed by atoms with E-state index >= 15 is 0 Å². The molecular formula is C18H27N5O2. The van der Waals surface area contributed by atoms with Crippen LogP contribution < -0.4 is 0 Å². The van der Waals surface area contributed by atoms with Gasteiger partial charge in [0.25, 0.3) is 5.91 Å². The lowest BCUT2D eigenvalue weighted by molar-refractivity contribution is 0.0753. The first-order valence-electron chi connectivity index (χ1n) is 9.04. The molecule has 25 heavy (non-hydrogen) atoms. The van der Waals surface area contributed by atoms with Gasteiger partial charge in [-0.25, -0.2) is 4.98 Å². The molecule has 3 heterocycles.